The van der Waals surface area contributed by atoms with Crippen molar-refractivity contribution in [1.82, 2.24) is 0 Å². The lowest BCUT2D eigenvalue weighted by Crippen LogP contribution is -2.17. The molecule has 0 aromatic heterocycles. The molecule has 0 bridgehead atoms. The van der Waals surface area contributed by atoms with Gasteiger partial charge in [-0.05, 0) is 38.1 Å². The number of hydrogen-bond donors (Lipinski definition) is 2. The Morgan fingerprint density at radius 2 is 1.83 bits per heavy atom. The van der Waals surface area contributed by atoms with Crippen LogP contribution in [-0.2, 0) is 19.1 Å². The van der Waals surface area contributed by atoms with E-state index in [1.54, 1.807) is 0 Å². The van der Waals surface area contributed by atoms with Gasteiger partial charge in [-0.2, -0.15) is 5.11 Å². The number of carboxylic acids is 1. The van der Waals surface area contributed by atoms with Crippen LogP contribution in [0.3, 0.4) is 0 Å². The number of azo groups is 1. The first kappa shape index (κ1) is 19.0. The lowest BCUT2D eigenvalue weighted by molar-refractivity contribution is -0.150. The van der Waals surface area contributed by atoms with Gasteiger partial charge in [-0.1, -0.05) is 6.08 Å². The number of rotatable bonds is 8. The van der Waals surface area contributed by atoms with Crippen molar-refractivity contribution in [1.29, 1.82) is 0 Å². The lowest BCUT2D eigenvalue weighted by atomic mass is 10.2. The van der Waals surface area contributed by atoms with E-state index in [1.165, 1.54) is 44.2 Å². The van der Waals surface area contributed by atoms with E-state index in [0.717, 1.165) is 0 Å². The molecule has 0 aliphatic rings. The Morgan fingerprint density at radius 1 is 1.21 bits per heavy atom. The molecule has 0 amide bonds. The summed E-state index contributed by atoms with van der Waals surface area (Å²) in [5.74, 6) is -2.15. The first-order valence-corrected chi connectivity index (χ1v) is 7.06. The molecule has 0 spiro atoms. The Balaban J connectivity index is 2.84. The van der Waals surface area contributed by atoms with Crippen molar-refractivity contribution in [2.45, 2.75) is 32.9 Å². The summed E-state index contributed by atoms with van der Waals surface area (Å²) in [6.45, 7) is 2.65. The Kier molecular flexibility index (Phi) is 7.28. The first-order valence-electron chi connectivity index (χ1n) is 7.06. The highest BCUT2D eigenvalue weighted by Crippen LogP contribution is 2.18. The van der Waals surface area contributed by atoms with E-state index in [4.69, 9.17) is 9.84 Å². The number of aromatic hydroxyl groups is 1. The molecule has 0 saturated carbocycles. The molecule has 0 aliphatic carbocycles. The molecular formula is C16H18N2O6. The number of carboxylic acid groups (broad SMARTS) is 1. The number of aliphatic carboxylic acids is 1. The maximum absolute atomic E-state index is 11.6. The van der Waals surface area contributed by atoms with Crippen LogP contribution in [0, 0.1) is 0 Å². The van der Waals surface area contributed by atoms with Crippen LogP contribution in [0.5, 0.6) is 5.75 Å². The number of carbonyl (C=O) groups is 3. The fourth-order valence-corrected chi connectivity index (χ4v) is 1.53. The third kappa shape index (κ3) is 7.30. The molecule has 8 heteroatoms. The lowest BCUT2D eigenvalue weighted by Gasteiger charge is -2.10. The van der Waals surface area contributed by atoms with Gasteiger partial charge in [0.1, 0.15) is 18.0 Å². The Bertz CT molecular complexity index is 664. The number of Topliss-reactive ketones (excluding diaryl/α,β-unsaturated/α-hetero) is 1. The van der Waals surface area contributed by atoms with Crippen LogP contribution >= 0.6 is 0 Å². The Morgan fingerprint density at radius 3 is 2.38 bits per heavy atom. The molecule has 1 rings (SSSR count). The van der Waals surface area contributed by atoms with E-state index in [9.17, 15) is 19.5 Å². The van der Waals surface area contributed by atoms with Gasteiger partial charge in [-0.25, -0.2) is 4.79 Å². The minimum atomic E-state index is -1.10. The molecule has 1 unspecified atom stereocenters. The van der Waals surface area contributed by atoms with Gasteiger partial charge < -0.3 is 14.9 Å². The van der Waals surface area contributed by atoms with Crippen LogP contribution in [0.4, 0.5) is 5.69 Å². The van der Waals surface area contributed by atoms with Crippen LogP contribution < -0.4 is 0 Å². The van der Waals surface area contributed by atoms with Crippen molar-refractivity contribution in [3.63, 3.8) is 0 Å². The largest absolute Gasteiger partial charge is 0.508 e. The van der Waals surface area contributed by atoms with Crippen LogP contribution in [0.2, 0.25) is 0 Å². The fourth-order valence-electron chi connectivity index (χ4n) is 1.53. The maximum Gasteiger partial charge on any atom is 0.330 e. The zero-order chi connectivity index (χ0) is 18.1. The number of carbonyl (C=O) groups excluding carboxylic acids is 2. The summed E-state index contributed by atoms with van der Waals surface area (Å²) in [4.78, 5) is 33.3. The summed E-state index contributed by atoms with van der Waals surface area (Å²) in [6, 6.07) is 5.84. The molecule has 2 N–H and O–H groups in total. The van der Waals surface area contributed by atoms with Crippen molar-refractivity contribution < 1.29 is 29.3 Å². The predicted molar refractivity (Wildman–Crippen MR) is 83.8 cm³/mol. The van der Waals surface area contributed by atoms with Crippen LogP contribution in [0.25, 0.3) is 0 Å². The van der Waals surface area contributed by atoms with Crippen LogP contribution in [0.1, 0.15) is 26.7 Å². The SMILES string of the molecule is CC(=O)CC(=O)OC(CC=C(C)C(=O)O)N=Nc1ccc(O)cc1. The fraction of sp³-hybridized carbons (Fsp3) is 0.312. The van der Waals surface area contributed by atoms with Gasteiger partial charge in [0.05, 0.1) is 5.69 Å². The van der Waals surface area contributed by atoms with Gasteiger partial charge in [0.15, 0.2) is 0 Å². The highest BCUT2D eigenvalue weighted by Gasteiger charge is 2.15. The van der Waals surface area contributed by atoms with Gasteiger partial charge in [0, 0.05) is 12.0 Å². The van der Waals surface area contributed by atoms with Crippen molar-refractivity contribution >= 4 is 23.4 Å². The number of esters is 1. The number of nitrogens with zero attached hydrogens (tertiary/aromatic N) is 2. The van der Waals surface area contributed by atoms with Gasteiger partial charge in [-0.3, -0.25) is 9.59 Å². The molecule has 0 radical (unpaired) electrons. The van der Waals surface area contributed by atoms with Crippen molar-refractivity contribution in [2.24, 2.45) is 10.2 Å². The third-order valence-corrected chi connectivity index (χ3v) is 2.78. The van der Waals surface area contributed by atoms with E-state index >= 15 is 0 Å². The monoisotopic (exact) mass is 334 g/mol. The summed E-state index contributed by atoms with van der Waals surface area (Å²) in [5, 5.41) is 25.8. The van der Waals surface area contributed by atoms with E-state index in [2.05, 4.69) is 10.2 Å². The normalized spacial score (nSPS) is 12.8. The number of phenols is 1. The van der Waals surface area contributed by atoms with Crippen molar-refractivity contribution in [3.05, 3.63) is 35.9 Å². The van der Waals surface area contributed by atoms with E-state index in [-0.39, 0.29) is 23.5 Å². The summed E-state index contributed by atoms with van der Waals surface area (Å²) < 4.78 is 5.03. The summed E-state index contributed by atoms with van der Waals surface area (Å²) in [5.41, 5.74) is 0.488. The topological polar surface area (TPSA) is 126 Å². The average Bonchev–Trinajstić information content (AvgIpc) is 2.50. The molecule has 24 heavy (non-hydrogen) atoms. The Labute approximate surface area is 138 Å². The number of hydrogen-bond acceptors (Lipinski definition) is 7. The zero-order valence-corrected chi connectivity index (χ0v) is 13.3. The van der Waals surface area contributed by atoms with Gasteiger partial charge in [0.2, 0.25) is 6.23 Å². The van der Waals surface area contributed by atoms with Gasteiger partial charge in [-0.15, -0.1) is 5.11 Å². The number of phenolic OH excluding ortho intramolecular Hbond substituents is 1. The van der Waals surface area contributed by atoms with Gasteiger partial charge in [0.25, 0.3) is 0 Å². The number of benzene rings is 1. The van der Waals surface area contributed by atoms with E-state index < -0.39 is 24.6 Å². The smallest absolute Gasteiger partial charge is 0.330 e. The number of ether oxygens (including phenoxy) is 1. The predicted octanol–water partition coefficient (Wildman–Crippen LogP) is 2.75. The van der Waals surface area contributed by atoms with Crippen molar-refractivity contribution in [3.8, 4) is 5.75 Å². The number of ketones is 1. The van der Waals surface area contributed by atoms with E-state index in [1.807, 2.05) is 0 Å². The Hall–Kier alpha value is -3.03. The summed E-state index contributed by atoms with van der Waals surface area (Å²) in [6.07, 6.45) is -0.0972. The van der Waals surface area contributed by atoms with E-state index in [0.29, 0.717) is 5.69 Å². The van der Waals surface area contributed by atoms with Crippen LogP contribution in [-0.4, -0.2) is 34.2 Å². The molecule has 1 atom stereocenters. The average molecular weight is 334 g/mol. The molecule has 0 aliphatic heterocycles. The molecule has 1 aromatic carbocycles. The summed E-state index contributed by atoms with van der Waals surface area (Å²) in [7, 11) is 0. The first-order chi connectivity index (χ1) is 11.3. The molecule has 0 saturated heterocycles. The molecular weight excluding hydrogens is 316 g/mol. The molecule has 0 heterocycles. The second kappa shape index (κ2) is 9.19. The second-order valence-corrected chi connectivity index (χ2v) is 4.98. The molecule has 8 nitrogen and oxygen atoms in total. The minimum Gasteiger partial charge on any atom is -0.508 e. The van der Waals surface area contributed by atoms with Crippen molar-refractivity contribution in [2.75, 3.05) is 0 Å². The summed E-state index contributed by atoms with van der Waals surface area (Å²) >= 11 is 0. The molecule has 128 valence electrons. The minimum absolute atomic E-state index is 0.00333. The van der Waals surface area contributed by atoms with Gasteiger partial charge >= 0.3 is 11.9 Å². The zero-order valence-electron chi connectivity index (χ0n) is 13.3. The quantitative estimate of drug-likeness (QED) is 0.326. The van der Waals surface area contributed by atoms with Crippen LogP contribution in [0.15, 0.2) is 46.1 Å². The highest BCUT2D eigenvalue weighted by atomic mass is 16.6. The third-order valence-electron chi connectivity index (χ3n) is 2.78. The maximum atomic E-state index is 11.6. The molecule has 1 aromatic rings. The highest BCUT2D eigenvalue weighted by molar-refractivity contribution is 5.94. The standard InChI is InChI=1S/C16H18N2O6/c1-10(16(22)23)3-8-14(24-15(21)9-11(2)19)18-17-12-4-6-13(20)7-5-12/h3-7,14,20H,8-9H2,1-2H3,(H,22,23). The second-order valence-electron chi connectivity index (χ2n) is 4.98. The molecule has 0 fully saturated rings.